The molecule has 8 heteroatoms. The Morgan fingerprint density at radius 2 is 0.750 bits per heavy atom. The first-order valence-corrected chi connectivity index (χ1v) is 23.3. The Labute approximate surface area is 378 Å². The van der Waals surface area contributed by atoms with Crippen LogP contribution in [0.25, 0.3) is 0 Å². The Morgan fingerprint density at radius 3 is 1.11 bits per heavy atom. The number of hydrogen-bond donors (Lipinski definition) is 4. The Hall–Kier alpha value is -6.22. The van der Waals surface area contributed by atoms with Crippen molar-refractivity contribution in [2.75, 3.05) is 9.80 Å². The van der Waals surface area contributed by atoms with Crippen LogP contribution in [0.3, 0.4) is 0 Å². The molecule has 0 radical (unpaired) electrons. The number of carbonyl (C=O) groups excluding carboxylic acids is 2. The molecule has 0 saturated carbocycles. The number of carbonyl (C=O) groups is 2. The second-order valence-electron chi connectivity index (χ2n) is 17.2. The van der Waals surface area contributed by atoms with Crippen LogP contribution in [0.2, 0.25) is 0 Å². The lowest BCUT2D eigenvalue weighted by molar-refractivity contribution is 0.0975. The fourth-order valence-corrected chi connectivity index (χ4v) is 8.99. The van der Waals surface area contributed by atoms with Gasteiger partial charge in [-0.15, -0.1) is 0 Å². The van der Waals surface area contributed by atoms with E-state index in [1.54, 1.807) is 12.1 Å². The number of phenolic OH excluding ortho intramolecular Hbond substituents is 2. The lowest BCUT2D eigenvalue weighted by atomic mass is 9.80. The van der Waals surface area contributed by atoms with Crippen molar-refractivity contribution < 1.29 is 30.0 Å². The number of benzene rings is 6. The third-order valence-corrected chi connectivity index (χ3v) is 12.4. The number of phenols is 2. The maximum Gasteiger partial charge on any atom is 0.200 e. The summed E-state index contributed by atoms with van der Waals surface area (Å²) in [7, 11) is 0. The number of ketones is 2. The molecule has 6 aromatic carbocycles. The van der Waals surface area contributed by atoms with Gasteiger partial charge < -0.3 is 30.2 Å². The Morgan fingerprint density at radius 1 is 0.406 bits per heavy atom. The van der Waals surface area contributed by atoms with Gasteiger partial charge in [0.25, 0.3) is 0 Å². The number of hydrogen-bond acceptors (Lipinski definition) is 8. The van der Waals surface area contributed by atoms with Gasteiger partial charge in [0, 0.05) is 22.7 Å². The van der Waals surface area contributed by atoms with Gasteiger partial charge >= 0.3 is 0 Å². The largest absolute Gasteiger partial charge is 0.507 e. The van der Waals surface area contributed by atoms with E-state index in [2.05, 4.69) is 13.8 Å². The Bertz CT molecular complexity index is 2290. The summed E-state index contributed by atoms with van der Waals surface area (Å²) in [6.45, 7) is 4.38. The Kier molecular flexibility index (Phi) is 15.7. The second-order valence-corrected chi connectivity index (χ2v) is 17.2. The molecule has 7 rings (SSSR count). The summed E-state index contributed by atoms with van der Waals surface area (Å²) < 4.78 is 0. The molecule has 0 aromatic heterocycles. The molecule has 2 atom stereocenters. The summed E-state index contributed by atoms with van der Waals surface area (Å²) in [5, 5.41) is 44.8. The van der Waals surface area contributed by atoms with Crippen LogP contribution in [-0.4, -0.2) is 44.2 Å². The van der Waals surface area contributed by atoms with E-state index in [1.165, 1.54) is 50.7 Å². The van der Waals surface area contributed by atoms with E-state index in [1.807, 2.05) is 119 Å². The molecule has 0 aliphatic heterocycles. The zero-order valence-corrected chi connectivity index (χ0v) is 37.3. The number of rotatable bonds is 22. The number of para-hydroxylation sites is 2. The first-order valence-electron chi connectivity index (χ1n) is 23.3. The van der Waals surface area contributed by atoms with Crippen LogP contribution in [0.1, 0.15) is 134 Å². The first-order chi connectivity index (χ1) is 31.2. The minimum absolute atomic E-state index is 0.0177. The van der Waals surface area contributed by atoms with Crippen molar-refractivity contribution >= 4 is 45.7 Å². The molecule has 8 nitrogen and oxygen atoms in total. The number of aliphatic hydroxyl groups excluding tert-OH is 2. The molecule has 0 amide bonds. The summed E-state index contributed by atoms with van der Waals surface area (Å²) in [4.78, 5) is 34.0. The molecule has 0 saturated heterocycles. The molecule has 2 unspecified atom stereocenters. The van der Waals surface area contributed by atoms with Crippen molar-refractivity contribution in [3.8, 4) is 11.5 Å². The molecule has 0 heterocycles. The van der Waals surface area contributed by atoms with Crippen molar-refractivity contribution in [2.45, 2.75) is 116 Å². The van der Waals surface area contributed by atoms with Crippen LogP contribution in [0.15, 0.2) is 133 Å². The van der Waals surface area contributed by atoms with Gasteiger partial charge in [0.15, 0.2) is 0 Å². The van der Waals surface area contributed by atoms with Crippen LogP contribution < -0.4 is 9.80 Å². The zero-order valence-electron chi connectivity index (χ0n) is 37.3. The molecule has 1 aliphatic rings. The molecule has 6 aromatic rings. The number of unbranched alkanes of at least 4 members (excludes halogenated alkanes) is 8. The smallest absolute Gasteiger partial charge is 0.200 e. The highest BCUT2D eigenvalue weighted by Crippen LogP contribution is 2.49. The van der Waals surface area contributed by atoms with Gasteiger partial charge in [-0.2, -0.15) is 0 Å². The maximum atomic E-state index is 15.1. The van der Waals surface area contributed by atoms with E-state index in [-0.39, 0.29) is 33.8 Å². The van der Waals surface area contributed by atoms with Crippen LogP contribution in [-0.2, 0) is 12.8 Å². The molecule has 4 N–H and O–H groups in total. The molecule has 64 heavy (non-hydrogen) atoms. The van der Waals surface area contributed by atoms with Gasteiger partial charge in [0.2, 0.25) is 11.6 Å². The average molecular weight is 859 g/mol. The van der Waals surface area contributed by atoms with Crippen molar-refractivity contribution in [1.82, 2.24) is 0 Å². The van der Waals surface area contributed by atoms with Gasteiger partial charge in [0.05, 0.1) is 45.8 Å². The normalized spacial score (nSPS) is 13.0. The van der Waals surface area contributed by atoms with E-state index in [0.29, 0.717) is 35.6 Å². The van der Waals surface area contributed by atoms with Crippen molar-refractivity contribution in [1.29, 1.82) is 0 Å². The summed E-state index contributed by atoms with van der Waals surface area (Å²) in [6.07, 6.45) is 13.0. The average Bonchev–Trinajstić information content (AvgIpc) is 3.31. The number of fused-ring (bicyclic) bond motifs is 2. The van der Waals surface area contributed by atoms with E-state index >= 15 is 9.59 Å². The van der Waals surface area contributed by atoms with E-state index in [9.17, 15) is 20.4 Å². The molecular weight excluding hydrogens is 797 g/mol. The third-order valence-electron chi connectivity index (χ3n) is 12.4. The molecule has 1 aliphatic carbocycles. The van der Waals surface area contributed by atoms with Crippen LogP contribution in [0.5, 0.6) is 11.5 Å². The predicted molar refractivity (Wildman–Crippen MR) is 259 cm³/mol. The number of aliphatic hydroxyl groups is 2. The Balaban J connectivity index is 1.24. The van der Waals surface area contributed by atoms with Crippen molar-refractivity contribution in [3.05, 3.63) is 167 Å². The lowest BCUT2D eigenvalue weighted by Crippen LogP contribution is -2.27. The number of nitrogens with zero attached hydrogens (tertiary/aromatic N) is 2. The van der Waals surface area contributed by atoms with Crippen LogP contribution >= 0.6 is 0 Å². The quantitative estimate of drug-likeness (QED) is 0.0497. The zero-order chi connectivity index (χ0) is 45.0. The fraction of sp³-hybridized carbons (Fsp3) is 0.321. The van der Waals surface area contributed by atoms with Gasteiger partial charge in [-0.25, -0.2) is 0 Å². The van der Waals surface area contributed by atoms with Gasteiger partial charge in [-0.05, 0) is 110 Å². The van der Waals surface area contributed by atoms with Gasteiger partial charge in [-0.1, -0.05) is 139 Å². The topological polar surface area (TPSA) is 122 Å². The first kappa shape index (κ1) is 45.8. The molecule has 0 spiro atoms. The van der Waals surface area contributed by atoms with E-state index < -0.39 is 23.8 Å². The monoisotopic (exact) mass is 858 g/mol. The highest BCUT2D eigenvalue weighted by atomic mass is 16.3. The third kappa shape index (κ3) is 10.6. The fourth-order valence-electron chi connectivity index (χ4n) is 8.99. The highest BCUT2D eigenvalue weighted by Gasteiger charge is 2.40. The highest BCUT2D eigenvalue weighted by molar-refractivity contribution is 6.34. The molecule has 0 fully saturated rings. The summed E-state index contributed by atoms with van der Waals surface area (Å²) in [5.74, 6) is -1.88. The van der Waals surface area contributed by atoms with Crippen LogP contribution in [0.4, 0.5) is 34.1 Å². The van der Waals surface area contributed by atoms with E-state index in [0.717, 1.165) is 61.0 Å². The minimum atomic E-state index is -0.596. The summed E-state index contributed by atoms with van der Waals surface area (Å²) in [5.41, 5.74) is 5.22. The summed E-state index contributed by atoms with van der Waals surface area (Å²) in [6, 6.07) is 40.8. The van der Waals surface area contributed by atoms with Crippen molar-refractivity contribution in [2.24, 2.45) is 0 Å². The minimum Gasteiger partial charge on any atom is -0.507 e. The van der Waals surface area contributed by atoms with Crippen LogP contribution in [0, 0.1) is 0 Å². The second kappa shape index (κ2) is 21.9. The molecular formula is C56H62N2O6. The van der Waals surface area contributed by atoms with Crippen molar-refractivity contribution in [3.63, 3.8) is 0 Å². The standard InChI is InChI=1S/C56H62N2O6/c1-3-5-7-9-17-23-45(59)37-39-25-29-43(30-26-39)57(41-19-13-11-14-20-41)47-33-35-49(61)53-51(47)55(63)54-50(62)36-34-48(52(54)56(53)64)58(42-21-15-12-16-22-42)44-31-27-40(28-32-44)38-46(60)24-18-10-8-6-4-2/h11-16,19-22,25-36,45-46,59-62H,3-10,17-18,23-24,37-38H2,1-2H3. The van der Waals surface area contributed by atoms with Gasteiger partial charge in [-0.3, -0.25) is 9.59 Å². The lowest BCUT2D eigenvalue weighted by Gasteiger charge is -2.33. The summed E-state index contributed by atoms with van der Waals surface area (Å²) >= 11 is 0. The predicted octanol–water partition coefficient (Wildman–Crippen LogP) is 13.3. The van der Waals surface area contributed by atoms with Gasteiger partial charge in [0.1, 0.15) is 11.5 Å². The SMILES string of the molecule is CCCCCCCC(O)Cc1ccc(N(c2ccccc2)c2ccc(O)c3c2C(=O)c2c(O)ccc(N(c4ccccc4)c4ccc(CC(O)CCCCCCC)cc4)c2C3=O)cc1. The number of anilines is 6. The molecule has 332 valence electrons. The molecule has 0 bridgehead atoms. The van der Waals surface area contributed by atoms with E-state index in [4.69, 9.17) is 0 Å². The maximum absolute atomic E-state index is 15.1. The number of aromatic hydroxyl groups is 2.